The van der Waals surface area contributed by atoms with E-state index in [1.165, 1.54) is 18.2 Å². The predicted molar refractivity (Wildman–Crippen MR) is 112 cm³/mol. The molecule has 0 fully saturated rings. The summed E-state index contributed by atoms with van der Waals surface area (Å²) in [6.07, 6.45) is 0.397. The minimum atomic E-state index is -1.88. The lowest BCUT2D eigenvalue weighted by atomic mass is 9.63. The quantitative estimate of drug-likeness (QED) is 0.552. The highest BCUT2D eigenvalue weighted by molar-refractivity contribution is 6.19. The zero-order chi connectivity index (χ0) is 22.6. The summed E-state index contributed by atoms with van der Waals surface area (Å²) in [5.74, 6) is -1.29. The number of nitro groups is 1. The van der Waals surface area contributed by atoms with Gasteiger partial charge in [-0.25, -0.2) is 0 Å². The lowest BCUT2D eigenvalue weighted by molar-refractivity contribution is -0.384. The Morgan fingerprint density at radius 1 is 1.19 bits per heavy atom. The molecule has 3 N–H and O–H groups in total. The molecule has 32 heavy (non-hydrogen) atoms. The number of nitro benzene ring substituents is 1. The summed E-state index contributed by atoms with van der Waals surface area (Å²) in [6.45, 7) is 0. The molecule has 158 valence electrons. The van der Waals surface area contributed by atoms with Crippen LogP contribution in [0.15, 0.2) is 71.3 Å². The molecule has 1 amide bonds. The van der Waals surface area contributed by atoms with Gasteiger partial charge in [-0.2, -0.15) is 5.26 Å². The number of carbonyl (C=O) groups is 2. The standard InChI is InChI=1S/C23H16N4O5/c24-11-16-21(25)32-19-9-13(12-4-2-1-3-5-12)8-18(28)20(19)23(16)15-10-14(27(30)31)6-7-17(15)26-22(23)29/h1-7,10,13H,8-9,25H2,(H,26,29)/t13-,23-/m0/s1. The molecule has 2 heterocycles. The Balaban J connectivity index is 1.76. The van der Waals surface area contributed by atoms with Gasteiger partial charge in [-0.3, -0.25) is 19.7 Å². The summed E-state index contributed by atoms with van der Waals surface area (Å²) in [5.41, 5.74) is 5.06. The molecule has 0 unspecified atom stereocenters. The number of amides is 1. The van der Waals surface area contributed by atoms with Crippen LogP contribution < -0.4 is 11.1 Å². The number of hydrogen-bond donors (Lipinski definition) is 2. The average molecular weight is 428 g/mol. The third kappa shape index (κ3) is 2.50. The number of ketones is 1. The van der Waals surface area contributed by atoms with Gasteiger partial charge in [0.25, 0.3) is 5.69 Å². The fraction of sp³-hybridized carbons (Fsp3) is 0.174. The number of carbonyl (C=O) groups excluding carboxylic acids is 2. The minimum Gasteiger partial charge on any atom is -0.444 e. The second-order valence-electron chi connectivity index (χ2n) is 7.88. The molecule has 0 radical (unpaired) electrons. The number of allylic oxidation sites excluding steroid dienone is 1. The molecule has 9 nitrogen and oxygen atoms in total. The van der Waals surface area contributed by atoms with Crippen LogP contribution in [-0.2, 0) is 19.7 Å². The van der Waals surface area contributed by atoms with Gasteiger partial charge in [0.1, 0.15) is 22.8 Å². The Bertz CT molecular complexity index is 1320. The number of nitrogens with one attached hydrogen (secondary N) is 1. The number of hydrogen-bond acceptors (Lipinski definition) is 7. The van der Waals surface area contributed by atoms with E-state index >= 15 is 0 Å². The lowest BCUT2D eigenvalue weighted by Gasteiger charge is -2.38. The molecule has 2 aromatic carbocycles. The number of non-ortho nitro benzene ring substituents is 1. The number of ether oxygens (including phenoxy) is 1. The second-order valence-corrected chi connectivity index (χ2v) is 7.88. The Hall–Kier alpha value is -4.45. The van der Waals surface area contributed by atoms with Crippen molar-refractivity contribution >= 4 is 23.1 Å². The van der Waals surface area contributed by atoms with Gasteiger partial charge >= 0.3 is 0 Å². The first-order valence-corrected chi connectivity index (χ1v) is 9.88. The molecule has 5 rings (SSSR count). The van der Waals surface area contributed by atoms with Gasteiger partial charge in [0, 0.05) is 36.2 Å². The zero-order valence-electron chi connectivity index (χ0n) is 16.6. The zero-order valence-corrected chi connectivity index (χ0v) is 16.6. The molecule has 1 spiro atoms. The van der Waals surface area contributed by atoms with Crippen molar-refractivity contribution < 1.29 is 19.2 Å². The van der Waals surface area contributed by atoms with Crippen LogP contribution in [0.2, 0.25) is 0 Å². The summed E-state index contributed by atoms with van der Waals surface area (Å²) in [4.78, 5) is 37.7. The average Bonchev–Trinajstić information content (AvgIpc) is 3.05. The first-order chi connectivity index (χ1) is 15.4. The van der Waals surface area contributed by atoms with Crippen molar-refractivity contribution in [1.29, 1.82) is 5.26 Å². The van der Waals surface area contributed by atoms with Crippen LogP contribution in [0.5, 0.6) is 0 Å². The maximum atomic E-state index is 13.5. The molecule has 0 saturated heterocycles. The first-order valence-electron chi connectivity index (χ1n) is 9.88. The predicted octanol–water partition coefficient (Wildman–Crippen LogP) is 2.91. The van der Waals surface area contributed by atoms with E-state index in [1.54, 1.807) is 0 Å². The van der Waals surface area contributed by atoms with Crippen molar-refractivity contribution in [3.63, 3.8) is 0 Å². The highest BCUT2D eigenvalue weighted by Crippen LogP contribution is 2.55. The molecule has 0 saturated carbocycles. The van der Waals surface area contributed by atoms with Crippen molar-refractivity contribution in [3.8, 4) is 6.07 Å². The van der Waals surface area contributed by atoms with Gasteiger partial charge < -0.3 is 15.8 Å². The summed E-state index contributed by atoms with van der Waals surface area (Å²) in [6, 6.07) is 15.2. The highest BCUT2D eigenvalue weighted by Gasteiger charge is 2.60. The smallest absolute Gasteiger partial charge is 0.269 e. The summed E-state index contributed by atoms with van der Waals surface area (Å²) in [5, 5.41) is 24.0. The number of nitriles is 1. The number of nitrogens with zero attached hydrogens (tertiary/aromatic N) is 2. The Labute approximate surface area is 181 Å². The summed E-state index contributed by atoms with van der Waals surface area (Å²) < 4.78 is 5.72. The van der Waals surface area contributed by atoms with E-state index in [2.05, 4.69) is 5.32 Å². The van der Waals surface area contributed by atoms with Crippen LogP contribution in [0, 0.1) is 21.4 Å². The fourth-order valence-corrected chi connectivity index (χ4v) is 4.88. The molecule has 2 aromatic rings. The fourth-order valence-electron chi connectivity index (χ4n) is 4.88. The van der Waals surface area contributed by atoms with E-state index in [9.17, 15) is 25.0 Å². The van der Waals surface area contributed by atoms with Gasteiger partial charge in [0.05, 0.1) is 10.5 Å². The van der Waals surface area contributed by atoms with Gasteiger partial charge in [-0.05, 0) is 17.5 Å². The Kier molecular flexibility index (Phi) is 4.14. The monoisotopic (exact) mass is 428 g/mol. The SMILES string of the molecule is N#CC1=C(N)OC2=C(C(=O)C[C@H](c3ccccc3)C2)[C@@]12C(=O)Nc1ccc([N+](=O)[O-])cc12. The molecule has 2 atom stereocenters. The normalized spacial score (nSPS) is 23.9. The van der Waals surface area contributed by atoms with Crippen molar-refractivity contribution in [2.45, 2.75) is 24.2 Å². The topological polar surface area (TPSA) is 148 Å². The molecule has 2 aliphatic heterocycles. The Morgan fingerprint density at radius 2 is 1.94 bits per heavy atom. The summed E-state index contributed by atoms with van der Waals surface area (Å²) in [7, 11) is 0. The van der Waals surface area contributed by atoms with Crippen LogP contribution in [0.1, 0.15) is 29.9 Å². The molecule has 0 bridgehead atoms. The van der Waals surface area contributed by atoms with Gasteiger partial charge in [0.2, 0.25) is 11.8 Å². The van der Waals surface area contributed by atoms with E-state index in [4.69, 9.17) is 10.5 Å². The first kappa shape index (κ1) is 19.5. The van der Waals surface area contributed by atoms with Crippen LogP contribution in [0.4, 0.5) is 11.4 Å². The van der Waals surface area contributed by atoms with Crippen LogP contribution in [0.3, 0.4) is 0 Å². The number of rotatable bonds is 2. The minimum absolute atomic E-state index is 0.0205. The van der Waals surface area contributed by atoms with Crippen LogP contribution >= 0.6 is 0 Å². The van der Waals surface area contributed by atoms with E-state index < -0.39 is 16.2 Å². The van der Waals surface area contributed by atoms with Crippen molar-refractivity contribution in [2.24, 2.45) is 5.73 Å². The molecular formula is C23H16N4O5. The van der Waals surface area contributed by atoms with Crippen molar-refractivity contribution in [1.82, 2.24) is 0 Å². The third-order valence-electron chi connectivity index (χ3n) is 6.24. The van der Waals surface area contributed by atoms with E-state index in [1.807, 2.05) is 36.4 Å². The number of fused-ring (bicyclic) bond motifs is 3. The molecule has 9 heteroatoms. The third-order valence-corrected chi connectivity index (χ3v) is 6.24. The van der Waals surface area contributed by atoms with Crippen molar-refractivity contribution in [2.75, 3.05) is 5.32 Å². The summed E-state index contributed by atoms with van der Waals surface area (Å²) >= 11 is 0. The van der Waals surface area contributed by atoms with Gasteiger partial charge in [0.15, 0.2) is 5.78 Å². The number of anilines is 1. The lowest BCUT2D eigenvalue weighted by Crippen LogP contribution is -2.47. The van der Waals surface area contributed by atoms with Crippen LogP contribution in [-0.4, -0.2) is 16.6 Å². The molecular weight excluding hydrogens is 412 g/mol. The van der Waals surface area contributed by atoms with Gasteiger partial charge in [-0.15, -0.1) is 0 Å². The molecule has 0 aromatic heterocycles. The molecule has 3 aliphatic rings. The van der Waals surface area contributed by atoms with Crippen molar-refractivity contribution in [3.05, 3.63) is 92.6 Å². The Morgan fingerprint density at radius 3 is 2.62 bits per heavy atom. The van der Waals surface area contributed by atoms with Crippen LogP contribution in [0.25, 0.3) is 0 Å². The van der Waals surface area contributed by atoms with Gasteiger partial charge in [-0.1, -0.05) is 30.3 Å². The number of nitrogens with two attached hydrogens (primary N) is 1. The largest absolute Gasteiger partial charge is 0.444 e. The van der Waals surface area contributed by atoms with E-state index in [0.717, 1.165) is 5.56 Å². The number of benzene rings is 2. The number of Topliss-reactive ketones (excluding diaryl/α,β-unsaturated/α-hetero) is 1. The van der Waals surface area contributed by atoms with E-state index in [0.29, 0.717) is 6.42 Å². The second kappa shape index (κ2) is 6.78. The molecule has 1 aliphatic carbocycles. The van der Waals surface area contributed by atoms with E-state index in [-0.39, 0.29) is 57.8 Å². The highest BCUT2D eigenvalue weighted by atomic mass is 16.6. The maximum absolute atomic E-state index is 13.5. The maximum Gasteiger partial charge on any atom is 0.269 e.